The van der Waals surface area contributed by atoms with E-state index < -0.39 is 0 Å². The second kappa shape index (κ2) is 7.31. The number of amides is 1. The van der Waals surface area contributed by atoms with E-state index in [1.165, 1.54) is 28.6 Å². The molecule has 0 bridgehead atoms. The minimum atomic E-state index is -0.317. The predicted molar refractivity (Wildman–Crippen MR) is 109 cm³/mol. The molecule has 4 rings (SSSR count). The van der Waals surface area contributed by atoms with Crippen molar-refractivity contribution in [3.63, 3.8) is 0 Å². The van der Waals surface area contributed by atoms with Gasteiger partial charge in [0.1, 0.15) is 5.82 Å². The fourth-order valence-corrected chi connectivity index (χ4v) is 3.63. The SMILES string of the molecule is CCn1c(-c2cc(NC(=O)Cc3ccc(F)cc3)n[nH]2)c(C)c2ccccc21. The smallest absolute Gasteiger partial charge is 0.229 e. The molecule has 0 aliphatic heterocycles. The van der Waals surface area contributed by atoms with Gasteiger partial charge in [0.15, 0.2) is 5.82 Å². The molecule has 0 atom stereocenters. The quantitative estimate of drug-likeness (QED) is 0.531. The second-order valence-corrected chi connectivity index (χ2v) is 6.75. The molecule has 0 aliphatic carbocycles. The normalized spacial score (nSPS) is 11.1. The van der Waals surface area contributed by atoms with Crippen LogP contribution < -0.4 is 5.32 Å². The van der Waals surface area contributed by atoms with Crippen molar-refractivity contribution in [2.75, 3.05) is 5.32 Å². The van der Waals surface area contributed by atoms with Crippen LogP contribution in [0.15, 0.2) is 54.6 Å². The summed E-state index contributed by atoms with van der Waals surface area (Å²) in [7, 11) is 0. The number of benzene rings is 2. The zero-order valence-electron chi connectivity index (χ0n) is 15.8. The number of fused-ring (bicyclic) bond motifs is 1. The Morgan fingerprint density at radius 1 is 1.18 bits per heavy atom. The molecule has 0 fully saturated rings. The minimum Gasteiger partial charge on any atom is -0.339 e. The lowest BCUT2D eigenvalue weighted by molar-refractivity contribution is -0.115. The van der Waals surface area contributed by atoms with Crippen molar-refractivity contribution in [3.8, 4) is 11.4 Å². The largest absolute Gasteiger partial charge is 0.339 e. The summed E-state index contributed by atoms with van der Waals surface area (Å²) in [4.78, 5) is 12.3. The molecule has 0 radical (unpaired) electrons. The molecule has 2 aromatic carbocycles. The monoisotopic (exact) mass is 376 g/mol. The first-order valence-corrected chi connectivity index (χ1v) is 9.24. The van der Waals surface area contributed by atoms with E-state index in [0.29, 0.717) is 5.82 Å². The summed E-state index contributed by atoms with van der Waals surface area (Å²) in [6.45, 7) is 5.03. The van der Waals surface area contributed by atoms with Gasteiger partial charge in [0.05, 0.1) is 17.8 Å². The fraction of sp³-hybridized carbons (Fsp3) is 0.182. The predicted octanol–water partition coefficient (Wildman–Crippen LogP) is 4.68. The van der Waals surface area contributed by atoms with Gasteiger partial charge in [-0.1, -0.05) is 30.3 Å². The molecule has 6 heteroatoms. The number of hydrogen-bond acceptors (Lipinski definition) is 2. The Morgan fingerprint density at radius 3 is 2.68 bits per heavy atom. The maximum Gasteiger partial charge on any atom is 0.229 e. The number of carbonyl (C=O) groups excluding carboxylic acids is 1. The zero-order valence-corrected chi connectivity index (χ0v) is 15.8. The van der Waals surface area contributed by atoms with Crippen molar-refractivity contribution in [2.24, 2.45) is 0 Å². The third kappa shape index (κ3) is 3.29. The highest BCUT2D eigenvalue weighted by molar-refractivity contribution is 5.93. The van der Waals surface area contributed by atoms with Gasteiger partial charge in [-0.05, 0) is 43.2 Å². The third-order valence-electron chi connectivity index (χ3n) is 4.92. The Labute approximate surface area is 162 Å². The van der Waals surface area contributed by atoms with E-state index in [0.717, 1.165) is 23.5 Å². The lowest BCUT2D eigenvalue weighted by atomic mass is 10.1. The van der Waals surface area contributed by atoms with Crippen LogP contribution in [0.4, 0.5) is 10.2 Å². The Kier molecular flexibility index (Phi) is 4.69. The Hall–Kier alpha value is -3.41. The molecule has 2 heterocycles. The lowest BCUT2D eigenvalue weighted by Gasteiger charge is -2.06. The van der Waals surface area contributed by atoms with Gasteiger partial charge < -0.3 is 9.88 Å². The molecular weight excluding hydrogens is 355 g/mol. The maximum atomic E-state index is 13.0. The molecule has 0 saturated heterocycles. The van der Waals surface area contributed by atoms with Gasteiger partial charge in [0, 0.05) is 23.5 Å². The van der Waals surface area contributed by atoms with Crippen LogP contribution >= 0.6 is 0 Å². The second-order valence-electron chi connectivity index (χ2n) is 6.75. The molecule has 142 valence electrons. The molecular formula is C22H21FN4O. The van der Waals surface area contributed by atoms with Crippen molar-refractivity contribution in [1.82, 2.24) is 14.8 Å². The van der Waals surface area contributed by atoms with Crippen LogP contribution in [0.3, 0.4) is 0 Å². The summed E-state index contributed by atoms with van der Waals surface area (Å²) < 4.78 is 15.2. The summed E-state index contributed by atoms with van der Waals surface area (Å²) in [5.74, 6) is -0.0466. The molecule has 0 spiro atoms. The number of halogens is 1. The summed E-state index contributed by atoms with van der Waals surface area (Å²) in [6.07, 6.45) is 0.163. The number of aryl methyl sites for hydroxylation is 2. The number of aromatic nitrogens is 3. The third-order valence-corrected chi connectivity index (χ3v) is 4.92. The Morgan fingerprint density at radius 2 is 1.93 bits per heavy atom. The molecule has 4 aromatic rings. The standard InChI is InChI=1S/C22H21FN4O/c1-3-27-19-7-5-4-6-17(19)14(2)22(27)18-13-20(26-25-18)24-21(28)12-15-8-10-16(23)11-9-15/h4-11,13H,3,12H2,1-2H3,(H2,24,25,26,28). The van der Waals surface area contributed by atoms with Crippen molar-refractivity contribution in [1.29, 1.82) is 0 Å². The van der Waals surface area contributed by atoms with Crippen LogP contribution in [-0.4, -0.2) is 20.7 Å². The maximum absolute atomic E-state index is 13.0. The molecule has 5 nitrogen and oxygen atoms in total. The highest BCUT2D eigenvalue weighted by Crippen LogP contribution is 2.33. The number of nitrogens with zero attached hydrogens (tertiary/aromatic N) is 2. The highest BCUT2D eigenvalue weighted by Gasteiger charge is 2.17. The molecule has 0 unspecified atom stereocenters. The van der Waals surface area contributed by atoms with Crippen molar-refractivity contribution >= 4 is 22.6 Å². The highest BCUT2D eigenvalue weighted by atomic mass is 19.1. The number of anilines is 1. The molecule has 2 aromatic heterocycles. The molecule has 28 heavy (non-hydrogen) atoms. The fourth-order valence-electron chi connectivity index (χ4n) is 3.63. The number of aromatic amines is 1. The first-order valence-electron chi connectivity index (χ1n) is 9.24. The number of nitrogens with one attached hydrogen (secondary N) is 2. The van der Waals surface area contributed by atoms with E-state index in [2.05, 4.69) is 46.1 Å². The van der Waals surface area contributed by atoms with Gasteiger partial charge in [-0.25, -0.2) is 4.39 Å². The minimum absolute atomic E-state index is 0.163. The van der Waals surface area contributed by atoms with E-state index in [-0.39, 0.29) is 18.1 Å². The first-order chi connectivity index (χ1) is 13.6. The Bertz CT molecular complexity index is 1140. The Balaban J connectivity index is 1.58. The lowest BCUT2D eigenvalue weighted by Crippen LogP contribution is -2.14. The van der Waals surface area contributed by atoms with Crippen molar-refractivity contribution in [2.45, 2.75) is 26.8 Å². The van der Waals surface area contributed by atoms with Gasteiger partial charge in [0.25, 0.3) is 0 Å². The van der Waals surface area contributed by atoms with E-state index >= 15 is 0 Å². The number of rotatable bonds is 5. The zero-order chi connectivity index (χ0) is 19.7. The molecule has 2 N–H and O–H groups in total. The van der Waals surface area contributed by atoms with Crippen LogP contribution in [0.1, 0.15) is 18.1 Å². The van der Waals surface area contributed by atoms with Crippen LogP contribution in [0, 0.1) is 12.7 Å². The van der Waals surface area contributed by atoms with Gasteiger partial charge in [-0.2, -0.15) is 5.10 Å². The van der Waals surface area contributed by atoms with Crippen LogP contribution in [0.2, 0.25) is 0 Å². The molecule has 0 aliphatic rings. The number of hydrogen-bond donors (Lipinski definition) is 2. The molecule has 0 saturated carbocycles. The average molecular weight is 376 g/mol. The van der Waals surface area contributed by atoms with Crippen molar-refractivity contribution < 1.29 is 9.18 Å². The number of para-hydroxylation sites is 1. The van der Waals surface area contributed by atoms with Crippen LogP contribution in [0.25, 0.3) is 22.3 Å². The van der Waals surface area contributed by atoms with Gasteiger partial charge >= 0.3 is 0 Å². The molecule has 1 amide bonds. The van der Waals surface area contributed by atoms with Crippen LogP contribution in [0.5, 0.6) is 0 Å². The van der Waals surface area contributed by atoms with Crippen LogP contribution in [-0.2, 0) is 17.8 Å². The summed E-state index contributed by atoms with van der Waals surface area (Å²) in [5, 5.41) is 11.3. The summed E-state index contributed by atoms with van der Waals surface area (Å²) in [5.41, 5.74) is 5.01. The van der Waals surface area contributed by atoms with Crippen molar-refractivity contribution in [3.05, 3.63) is 71.5 Å². The number of H-pyrrole nitrogens is 1. The summed E-state index contributed by atoms with van der Waals surface area (Å²) in [6, 6.07) is 16.0. The van der Waals surface area contributed by atoms with E-state index in [4.69, 9.17) is 0 Å². The first kappa shape index (κ1) is 18.0. The van der Waals surface area contributed by atoms with E-state index in [1.54, 1.807) is 12.1 Å². The van der Waals surface area contributed by atoms with Gasteiger partial charge in [-0.15, -0.1) is 0 Å². The van der Waals surface area contributed by atoms with Gasteiger partial charge in [-0.3, -0.25) is 9.89 Å². The summed E-state index contributed by atoms with van der Waals surface area (Å²) >= 11 is 0. The van der Waals surface area contributed by atoms with E-state index in [9.17, 15) is 9.18 Å². The number of carbonyl (C=O) groups is 1. The average Bonchev–Trinajstić information content (AvgIpc) is 3.25. The van der Waals surface area contributed by atoms with Gasteiger partial charge in [0.2, 0.25) is 5.91 Å². The van der Waals surface area contributed by atoms with E-state index in [1.807, 2.05) is 18.2 Å². The topological polar surface area (TPSA) is 62.7 Å².